The summed E-state index contributed by atoms with van der Waals surface area (Å²) in [6.07, 6.45) is 0.894. The highest BCUT2D eigenvalue weighted by molar-refractivity contribution is 5.71. The van der Waals surface area contributed by atoms with E-state index in [2.05, 4.69) is 27.1 Å². The number of nitrogens with one attached hydrogen (secondary N) is 1. The lowest BCUT2D eigenvalue weighted by Crippen LogP contribution is -2.46. The van der Waals surface area contributed by atoms with Crippen LogP contribution in [0.2, 0.25) is 0 Å². The Morgan fingerprint density at radius 2 is 1.96 bits per heavy atom. The van der Waals surface area contributed by atoms with E-state index in [1.807, 2.05) is 18.7 Å². The topological polar surface area (TPSA) is 113 Å². The van der Waals surface area contributed by atoms with Crippen molar-refractivity contribution in [1.82, 2.24) is 14.9 Å². The maximum absolute atomic E-state index is 11.4. The molecule has 9 heteroatoms. The van der Waals surface area contributed by atoms with Crippen molar-refractivity contribution < 1.29 is 4.92 Å². The van der Waals surface area contributed by atoms with Crippen molar-refractivity contribution in [2.45, 2.75) is 33.2 Å². The van der Waals surface area contributed by atoms with Gasteiger partial charge in [0.1, 0.15) is 0 Å². The Bertz CT molecular complexity index is 558. The number of likely N-dealkylation sites (N-methyl/N-ethyl adjacent to an activating group) is 1. The number of hydrogen-bond acceptors (Lipinski definition) is 8. The molecule has 1 aliphatic heterocycles. The van der Waals surface area contributed by atoms with Crippen molar-refractivity contribution in [1.29, 1.82) is 0 Å². The molecule has 0 amide bonds. The molecule has 1 aliphatic rings. The number of nitrogen functional groups attached to an aromatic ring is 1. The summed E-state index contributed by atoms with van der Waals surface area (Å²) in [6, 6.07) is 0.167. The quantitative estimate of drug-likeness (QED) is 0.595. The Kier molecular flexibility index (Phi) is 5.54. The zero-order chi connectivity index (χ0) is 17.0. The first kappa shape index (κ1) is 17.2. The van der Waals surface area contributed by atoms with Gasteiger partial charge < -0.3 is 20.9 Å². The zero-order valence-corrected chi connectivity index (χ0v) is 13.9. The standard InChI is InChI=1S/C14H25N7O2/c1-4-10(3)16-14-17-12(15)11(21(22)23)13(18-14)20-8-6-19(5-2)7-9-20/h10H,4-9H2,1-3H3,(H3,15,16,17,18)/t10-/m1/s1. The first-order chi connectivity index (χ1) is 11.0. The molecular weight excluding hydrogens is 298 g/mol. The smallest absolute Gasteiger partial charge is 0.353 e. The maximum atomic E-state index is 11.4. The minimum atomic E-state index is -0.496. The van der Waals surface area contributed by atoms with Crippen molar-refractivity contribution in [2.24, 2.45) is 0 Å². The fraction of sp³-hybridized carbons (Fsp3) is 0.714. The lowest BCUT2D eigenvalue weighted by atomic mass is 10.2. The minimum absolute atomic E-state index is 0.0938. The molecule has 0 aliphatic carbocycles. The van der Waals surface area contributed by atoms with E-state index in [4.69, 9.17) is 5.73 Å². The third-order valence-corrected chi connectivity index (χ3v) is 4.18. The number of hydrogen-bond donors (Lipinski definition) is 2. The summed E-state index contributed by atoms with van der Waals surface area (Å²) in [5, 5.41) is 14.5. The molecule has 0 saturated carbocycles. The minimum Gasteiger partial charge on any atom is -0.378 e. The third-order valence-electron chi connectivity index (χ3n) is 4.18. The summed E-state index contributed by atoms with van der Waals surface area (Å²) < 4.78 is 0. The van der Waals surface area contributed by atoms with Crippen LogP contribution in [0.4, 0.5) is 23.3 Å². The van der Waals surface area contributed by atoms with Crippen molar-refractivity contribution in [3.05, 3.63) is 10.1 Å². The van der Waals surface area contributed by atoms with Crippen LogP contribution in [0.1, 0.15) is 27.2 Å². The van der Waals surface area contributed by atoms with Crippen molar-refractivity contribution >= 4 is 23.3 Å². The Labute approximate surface area is 136 Å². The van der Waals surface area contributed by atoms with E-state index in [0.717, 1.165) is 26.1 Å². The average Bonchev–Trinajstić information content (AvgIpc) is 2.53. The predicted molar refractivity (Wildman–Crippen MR) is 90.8 cm³/mol. The van der Waals surface area contributed by atoms with Crippen LogP contribution in [0, 0.1) is 10.1 Å². The van der Waals surface area contributed by atoms with Gasteiger partial charge >= 0.3 is 5.69 Å². The number of nitro groups is 1. The van der Waals surface area contributed by atoms with Gasteiger partial charge in [-0.2, -0.15) is 9.97 Å². The summed E-state index contributed by atoms with van der Waals surface area (Å²) in [5.74, 6) is 0.558. The number of aromatic nitrogens is 2. The highest BCUT2D eigenvalue weighted by Crippen LogP contribution is 2.32. The van der Waals surface area contributed by atoms with Gasteiger partial charge in [-0.05, 0) is 19.9 Å². The number of rotatable bonds is 6. The monoisotopic (exact) mass is 323 g/mol. The van der Waals surface area contributed by atoms with Crippen LogP contribution in [0.15, 0.2) is 0 Å². The van der Waals surface area contributed by atoms with Gasteiger partial charge in [-0.3, -0.25) is 10.1 Å². The fourth-order valence-electron chi connectivity index (χ4n) is 2.52. The van der Waals surface area contributed by atoms with Gasteiger partial charge in [-0.1, -0.05) is 13.8 Å². The average molecular weight is 323 g/mol. The molecule has 9 nitrogen and oxygen atoms in total. The van der Waals surface area contributed by atoms with Gasteiger partial charge in [0.15, 0.2) is 0 Å². The van der Waals surface area contributed by atoms with E-state index in [1.165, 1.54) is 0 Å². The Balaban J connectivity index is 2.32. The molecule has 1 aromatic heterocycles. The number of piperazine rings is 1. The van der Waals surface area contributed by atoms with Crippen LogP contribution >= 0.6 is 0 Å². The normalized spacial score (nSPS) is 17.1. The Hall–Kier alpha value is -2.16. The molecule has 23 heavy (non-hydrogen) atoms. The molecule has 0 bridgehead atoms. The highest BCUT2D eigenvalue weighted by Gasteiger charge is 2.29. The van der Waals surface area contributed by atoms with E-state index in [-0.39, 0.29) is 17.5 Å². The van der Waals surface area contributed by atoms with Crippen LogP contribution in [-0.4, -0.2) is 58.6 Å². The summed E-state index contributed by atoms with van der Waals surface area (Å²) in [5.41, 5.74) is 5.63. The SMILES string of the molecule is CC[C@@H](C)Nc1nc(N)c([N+](=O)[O-])c(N2CCN(CC)CC2)n1. The van der Waals surface area contributed by atoms with E-state index >= 15 is 0 Å². The molecule has 128 valence electrons. The van der Waals surface area contributed by atoms with E-state index in [0.29, 0.717) is 24.9 Å². The molecule has 3 N–H and O–H groups in total. The van der Waals surface area contributed by atoms with E-state index < -0.39 is 4.92 Å². The molecule has 1 saturated heterocycles. The first-order valence-electron chi connectivity index (χ1n) is 8.02. The largest absolute Gasteiger partial charge is 0.378 e. The van der Waals surface area contributed by atoms with Crippen LogP contribution in [0.5, 0.6) is 0 Å². The van der Waals surface area contributed by atoms with Gasteiger partial charge in [0.05, 0.1) is 4.92 Å². The summed E-state index contributed by atoms with van der Waals surface area (Å²) in [6.45, 7) is 10.2. The van der Waals surface area contributed by atoms with Crippen LogP contribution in [0.3, 0.4) is 0 Å². The van der Waals surface area contributed by atoms with Gasteiger partial charge in [0.25, 0.3) is 0 Å². The first-order valence-corrected chi connectivity index (χ1v) is 8.02. The van der Waals surface area contributed by atoms with E-state index in [1.54, 1.807) is 0 Å². The van der Waals surface area contributed by atoms with Crippen molar-refractivity contribution in [3.8, 4) is 0 Å². The Morgan fingerprint density at radius 1 is 1.30 bits per heavy atom. The summed E-state index contributed by atoms with van der Waals surface area (Å²) >= 11 is 0. The van der Waals surface area contributed by atoms with Crippen molar-refractivity contribution in [2.75, 3.05) is 48.7 Å². The maximum Gasteiger partial charge on any atom is 0.353 e. The number of anilines is 3. The van der Waals surface area contributed by atoms with Crippen LogP contribution < -0.4 is 16.0 Å². The molecule has 2 rings (SSSR count). The molecule has 0 aromatic carbocycles. The molecule has 0 radical (unpaired) electrons. The highest BCUT2D eigenvalue weighted by atomic mass is 16.6. The predicted octanol–water partition coefficient (Wildman–Crippen LogP) is 1.32. The molecule has 1 aromatic rings. The number of nitrogens with two attached hydrogens (primary N) is 1. The molecule has 1 fully saturated rings. The van der Waals surface area contributed by atoms with Crippen molar-refractivity contribution in [3.63, 3.8) is 0 Å². The summed E-state index contributed by atoms with van der Waals surface area (Å²) in [4.78, 5) is 23.5. The molecule has 0 spiro atoms. The van der Waals surface area contributed by atoms with E-state index in [9.17, 15) is 10.1 Å². The lowest BCUT2D eigenvalue weighted by molar-refractivity contribution is -0.383. The molecule has 0 unspecified atom stereocenters. The van der Waals surface area contributed by atoms with Gasteiger partial charge in [-0.15, -0.1) is 0 Å². The van der Waals surface area contributed by atoms with Crippen LogP contribution in [0.25, 0.3) is 0 Å². The Morgan fingerprint density at radius 3 is 2.48 bits per heavy atom. The van der Waals surface area contributed by atoms with Gasteiger partial charge in [-0.25, -0.2) is 0 Å². The molecular formula is C14H25N7O2. The fourth-order valence-corrected chi connectivity index (χ4v) is 2.52. The lowest BCUT2D eigenvalue weighted by Gasteiger charge is -2.34. The number of nitrogens with zero attached hydrogens (tertiary/aromatic N) is 5. The second kappa shape index (κ2) is 7.40. The van der Waals surface area contributed by atoms with Crippen LogP contribution in [-0.2, 0) is 0 Å². The van der Waals surface area contributed by atoms with Gasteiger partial charge in [0.2, 0.25) is 17.6 Å². The molecule has 2 heterocycles. The van der Waals surface area contributed by atoms with Gasteiger partial charge in [0, 0.05) is 32.2 Å². The zero-order valence-electron chi connectivity index (χ0n) is 13.9. The molecule has 1 atom stereocenters. The second-order valence-electron chi connectivity index (χ2n) is 5.74. The third kappa shape index (κ3) is 3.98. The summed E-state index contributed by atoms with van der Waals surface area (Å²) in [7, 11) is 0. The second-order valence-corrected chi connectivity index (χ2v) is 5.74.